The van der Waals surface area contributed by atoms with E-state index >= 15 is 0 Å². The summed E-state index contributed by atoms with van der Waals surface area (Å²) in [5, 5.41) is 0. The van der Waals surface area contributed by atoms with Crippen LogP contribution in [-0.2, 0) is 4.74 Å². The normalized spacial score (nSPS) is 14.9. The average Bonchev–Trinajstić information content (AvgIpc) is 3.39. The molecule has 2 aromatic rings. The maximum Gasteiger partial charge on any atom is 0.159 e. The minimum atomic E-state index is -0.361. The van der Waals surface area contributed by atoms with Crippen LogP contribution in [0.3, 0.4) is 0 Å². The van der Waals surface area contributed by atoms with E-state index in [0.29, 0.717) is 19.8 Å². The van der Waals surface area contributed by atoms with Crippen LogP contribution >= 0.6 is 0 Å². The molecule has 0 amide bonds. The van der Waals surface area contributed by atoms with Gasteiger partial charge < -0.3 is 23.7 Å². The third kappa shape index (κ3) is 4.07. The van der Waals surface area contributed by atoms with E-state index in [1.807, 2.05) is 48.5 Å². The Morgan fingerprint density at radius 3 is 1.39 bits per heavy atom. The van der Waals surface area contributed by atoms with Crippen molar-refractivity contribution in [1.29, 1.82) is 0 Å². The van der Waals surface area contributed by atoms with Gasteiger partial charge in [0.15, 0.2) is 5.60 Å². The Kier molecular flexibility index (Phi) is 4.57. The van der Waals surface area contributed by atoms with Crippen molar-refractivity contribution in [2.45, 2.75) is 5.60 Å². The van der Waals surface area contributed by atoms with E-state index in [2.05, 4.69) is 0 Å². The number of hydrogen-bond donors (Lipinski definition) is 0. The number of benzene rings is 2. The van der Waals surface area contributed by atoms with Crippen LogP contribution in [-0.4, -0.2) is 39.6 Å². The molecule has 1 aliphatic heterocycles. The van der Waals surface area contributed by atoms with Crippen LogP contribution in [0.25, 0.3) is 0 Å². The summed E-state index contributed by atoms with van der Waals surface area (Å²) >= 11 is 0. The lowest BCUT2D eigenvalue weighted by Gasteiger charge is -2.15. The van der Waals surface area contributed by atoms with Crippen LogP contribution in [0.2, 0.25) is 0 Å². The lowest BCUT2D eigenvalue weighted by molar-refractivity contribution is 0.130. The van der Waals surface area contributed by atoms with Crippen molar-refractivity contribution in [2.24, 2.45) is 0 Å². The minimum absolute atomic E-state index is 0.361. The standard InChI is InChI=1S/C18H20O5/c1-19-14-3-7-16(8-4-14)21-11-18(13-23-18)12-22-17-9-5-15(20-2)6-10-17/h3-10H,11-13H2,1-2H3. The van der Waals surface area contributed by atoms with Gasteiger partial charge in [0, 0.05) is 0 Å². The van der Waals surface area contributed by atoms with Gasteiger partial charge in [0.05, 0.1) is 20.8 Å². The van der Waals surface area contributed by atoms with Gasteiger partial charge in [-0.3, -0.25) is 0 Å². The molecule has 0 saturated carbocycles. The van der Waals surface area contributed by atoms with Crippen LogP contribution in [0.1, 0.15) is 0 Å². The van der Waals surface area contributed by atoms with Crippen molar-refractivity contribution in [3.8, 4) is 23.0 Å². The first kappa shape index (κ1) is 15.5. The van der Waals surface area contributed by atoms with E-state index in [4.69, 9.17) is 23.7 Å². The number of hydrogen-bond acceptors (Lipinski definition) is 5. The van der Waals surface area contributed by atoms with E-state index in [-0.39, 0.29) is 5.60 Å². The third-order valence-corrected chi connectivity index (χ3v) is 3.68. The van der Waals surface area contributed by atoms with Crippen molar-refractivity contribution >= 4 is 0 Å². The monoisotopic (exact) mass is 316 g/mol. The molecule has 0 aromatic heterocycles. The zero-order chi connectivity index (χ0) is 16.1. The van der Waals surface area contributed by atoms with Crippen molar-refractivity contribution in [2.75, 3.05) is 34.0 Å². The van der Waals surface area contributed by atoms with Crippen LogP contribution in [0.5, 0.6) is 23.0 Å². The molecule has 5 heteroatoms. The lowest BCUT2D eigenvalue weighted by atomic mass is 10.2. The first-order valence-electron chi connectivity index (χ1n) is 7.41. The average molecular weight is 316 g/mol. The van der Waals surface area contributed by atoms with Crippen LogP contribution in [0.4, 0.5) is 0 Å². The van der Waals surface area contributed by atoms with Gasteiger partial charge in [-0.2, -0.15) is 0 Å². The summed E-state index contributed by atoms with van der Waals surface area (Å²) < 4.78 is 27.3. The number of rotatable bonds is 8. The Labute approximate surface area is 135 Å². The molecule has 0 aliphatic carbocycles. The third-order valence-electron chi connectivity index (χ3n) is 3.68. The molecule has 122 valence electrons. The molecule has 0 unspecified atom stereocenters. The molecule has 0 spiro atoms. The smallest absolute Gasteiger partial charge is 0.159 e. The molecule has 1 aliphatic rings. The molecule has 1 fully saturated rings. The highest BCUT2D eigenvalue weighted by molar-refractivity contribution is 5.32. The highest BCUT2D eigenvalue weighted by Crippen LogP contribution is 2.30. The first-order chi connectivity index (χ1) is 11.2. The molecular formula is C18H20O5. The van der Waals surface area contributed by atoms with Gasteiger partial charge in [-0.05, 0) is 48.5 Å². The van der Waals surface area contributed by atoms with Gasteiger partial charge in [0.25, 0.3) is 0 Å². The molecule has 5 nitrogen and oxygen atoms in total. The van der Waals surface area contributed by atoms with E-state index in [1.165, 1.54) is 0 Å². The summed E-state index contributed by atoms with van der Waals surface area (Å²) in [4.78, 5) is 0. The Morgan fingerprint density at radius 2 is 1.09 bits per heavy atom. The fraction of sp³-hybridized carbons (Fsp3) is 0.333. The van der Waals surface area contributed by atoms with Gasteiger partial charge in [-0.15, -0.1) is 0 Å². The van der Waals surface area contributed by atoms with E-state index in [0.717, 1.165) is 23.0 Å². The van der Waals surface area contributed by atoms with Gasteiger partial charge in [-0.1, -0.05) is 0 Å². The summed E-state index contributed by atoms with van der Waals surface area (Å²) in [5.41, 5.74) is -0.361. The van der Waals surface area contributed by atoms with Crippen LogP contribution in [0.15, 0.2) is 48.5 Å². The second kappa shape index (κ2) is 6.79. The molecule has 3 rings (SSSR count). The fourth-order valence-corrected chi connectivity index (χ4v) is 2.08. The van der Waals surface area contributed by atoms with Crippen molar-refractivity contribution in [3.63, 3.8) is 0 Å². The Balaban J connectivity index is 1.49. The Hall–Kier alpha value is -2.40. The van der Waals surface area contributed by atoms with Gasteiger partial charge >= 0.3 is 0 Å². The number of epoxide rings is 1. The summed E-state index contributed by atoms with van der Waals surface area (Å²) in [6, 6.07) is 15.0. The summed E-state index contributed by atoms with van der Waals surface area (Å²) in [6.07, 6.45) is 0. The zero-order valence-corrected chi connectivity index (χ0v) is 13.3. The molecule has 0 atom stereocenters. The largest absolute Gasteiger partial charge is 0.497 e. The van der Waals surface area contributed by atoms with Gasteiger partial charge in [0.1, 0.15) is 36.2 Å². The molecular weight excluding hydrogens is 296 g/mol. The molecule has 0 bridgehead atoms. The van der Waals surface area contributed by atoms with Gasteiger partial charge in [0.2, 0.25) is 0 Å². The van der Waals surface area contributed by atoms with Crippen LogP contribution in [0, 0.1) is 0 Å². The predicted molar refractivity (Wildman–Crippen MR) is 85.7 cm³/mol. The van der Waals surface area contributed by atoms with E-state index < -0.39 is 0 Å². The fourth-order valence-electron chi connectivity index (χ4n) is 2.08. The van der Waals surface area contributed by atoms with E-state index in [1.54, 1.807) is 14.2 Å². The summed E-state index contributed by atoms with van der Waals surface area (Å²) in [6.45, 7) is 1.55. The lowest BCUT2D eigenvalue weighted by Crippen LogP contribution is -2.29. The first-order valence-corrected chi connectivity index (χ1v) is 7.41. The SMILES string of the molecule is COc1ccc(OCC2(COc3ccc(OC)cc3)CO2)cc1. The van der Waals surface area contributed by atoms with Crippen molar-refractivity contribution in [3.05, 3.63) is 48.5 Å². The number of ether oxygens (including phenoxy) is 5. The maximum atomic E-state index is 5.78. The Morgan fingerprint density at radius 1 is 0.739 bits per heavy atom. The predicted octanol–water partition coefficient (Wildman–Crippen LogP) is 2.93. The highest BCUT2D eigenvalue weighted by Gasteiger charge is 2.47. The minimum Gasteiger partial charge on any atom is -0.497 e. The second-order valence-corrected chi connectivity index (χ2v) is 5.40. The number of methoxy groups -OCH3 is 2. The molecule has 0 radical (unpaired) electrons. The van der Waals surface area contributed by atoms with Gasteiger partial charge in [-0.25, -0.2) is 0 Å². The Bertz CT molecular complexity index is 563. The molecule has 1 saturated heterocycles. The zero-order valence-electron chi connectivity index (χ0n) is 13.3. The topological polar surface area (TPSA) is 49.5 Å². The summed E-state index contributed by atoms with van der Waals surface area (Å²) in [7, 11) is 3.28. The highest BCUT2D eigenvalue weighted by atomic mass is 16.6. The second-order valence-electron chi connectivity index (χ2n) is 5.40. The quantitative estimate of drug-likeness (QED) is 0.701. The maximum absolute atomic E-state index is 5.78. The van der Waals surface area contributed by atoms with Crippen molar-refractivity contribution in [1.82, 2.24) is 0 Å². The molecule has 1 heterocycles. The summed E-state index contributed by atoms with van der Waals surface area (Å²) in [5.74, 6) is 3.17. The van der Waals surface area contributed by atoms with Crippen molar-refractivity contribution < 1.29 is 23.7 Å². The molecule has 23 heavy (non-hydrogen) atoms. The van der Waals surface area contributed by atoms with Crippen LogP contribution < -0.4 is 18.9 Å². The van der Waals surface area contributed by atoms with E-state index in [9.17, 15) is 0 Å². The molecule has 2 aromatic carbocycles. The molecule has 0 N–H and O–H groups in total.